The number of methoxy groups -OCH3 is 2. The molecule has 1 aliphatic rings. The van der Waals surface area contributed by atoms with E-state index in [1.807, 2.05) is 18.2 Å². The highest BCUT2D eigenvalue weighted by molar-refractivity contribution is 6.10. The number of carbonyl (C=O) groups excluding carboxylic acids is 1. The van der Waals surface area contributed by atoms with E-state index < -0.39 is 0 Å². The van der Waals surface area contributed by atoms with Crippen LogP contribution in [0.5, 0.6) is 11.5 Å². The normalized spacial score (nSPS) is 14.4. The maximum Gasteiger partial charge on any atom is 0.255 e. The first-order valence-corrected chi connectivity index (χ1v) is 9.95. The van der Waals surface area contributed by atoms with E-state index >= 15 is 0 Å². The molecule has 3 aromatic rings. The topological polar surface area (TPSA) is 98.5 Å². The summed E-state index contributed by atoms with van der Waals surface area (Å²) < 4.78 is 16.3. The predicted molar refractivity (Wildman–Crippen MR) is 113 cm³/mol. The average Bonchev–Trinajstić information content (AvgIpc) is 3.35. The third kappa shape index (κ3) is 3.90. The molecule has 0 saturated heterocycles. The summed E-state index contributed by atoms with van der Waals surface area (Å²) in [6.45, 7) is 4.37. The molecule has 8 nitrogen and oxygen atoms in total. The highest BCUT2D eigenvalue weighted by Crippen LogP contribution is 2.40. The summed E-state index contributed by atoms with van der Waals surface area (Å²) in [6, 6.07) is 5.73. The summed E-state index contributed by atoms with van der Waals surface area (Å²) >= 11 is 0. The lowest BCUT2D eigenvalue weighted by molar-refractivity contribution is 0.0954. The molecule has 2 N–H and O–H groups in total. The zero-order chi connectivity index (χ0) is 21.3. The third-order valence-corrected chi connectivity index (χ3v) is 5.46. The second-order valence-electron chi connectivity index (χ2n) is 7.82. The Bertz CT molecular complexity index is 1090. The molecule has 1 amide bonds. The van der Waals surface area contributed by atoms with E-state index in [0.29, 0.717) is 52.7 Å². The molecule has 2 heterocycles. The van der Waals surface area contributed by atoms with Crippen LogP contribution in [0.25, 0.3) is 11.1 Å². The van der Waals surface area contributed by atoms with Crippen LogP contribution in [-0.4, -0.2) is 42.2 Å². The largest absolute Gasteiger partial charge is 0.493 e. The Balaban J connectivity index is 1.50. The van der Waals surface area contributed by atoms with Gasteiger partial charge in [-0.05, 0) is 50.8 Å². The summed E-state index contributed by atoms with van der Waals surface area (Å²) in [5, 5.41) is 7.05. The number of ether oxygens (including phenoxy) is 2. The number of nitrogens with zero attached hydrogens (tertiary/aromatic N) is 2. The van der Waals surface area contributed by atoms with Crippen molar-refractivity contribution in [1.82, 2.24) is 15.3 Å². The number of rotatable bonds is 8. The Morgan fingerprint density at radius 3 is 2.67 bits per heavy atom. The van der Waals surface area contributed by atoms with Crippen LogP contribution < -0.4 is 20.1 Å². The van der Waals surface area contributed by atoms with Crippen molar-refractivity contribution in [3.63, 3.8) is 0 Å². The van der Waals surface area contributed by atoms with Gasteiger partial charge in [-0.15, -0.1) is 0 Å². The molecule has 0 radical (unpaired) electrons. The lowest BCUT2D eigenvalue weighted by atomic mass is 10.1. The quantitative estimate of drug-likeness (QED) is 0.586. The molecular weight excluding hydrogens is 384 g/mol. The second-order valence-corrected chi connectivity index (χ2v) is 7.82. The average molecular weight is 410 g/mol. The number of fused-ring (bicyclic) bond motifs is 1. The number of hydrogen-bond acceptors (Lipinski definition) is 7. The Labute approximate surface area is 175 Å². The molecule has 0 bridgehead atoms. The highest BCUT2D eigenvalue weighted by atomic mass is 16.5. The zero-order valence-corrected chi connectivity index (χ0v) is 17.7. The zero-order valence-electron chi connectivity index (χ0n) is 17.7. The van der Waals surface area contributed by atoms with E-state index in [4.69, 9.17) is 13.9 Å². The lowest BCUT2D eigenvalue weighted by Crippen LogP contribution is -2.26. The third-order valence-electron chi connectivity index (χ3n) is 5.46. The summed E-state index contributed by atoms with van der Waals surface area (Å²) in [5.41, 5.74) is 1.95. The molecule has 1 aliphatic carbocycles. The van der Waals surface area contributed by atoms with Crippen molar-refractivity contribution < 1.29 is 18.7 Å². The van der Waals surface area contributed by atoms with Gasteiger partial charge in [-0.3, -0.25) is 4.79 Å². The summed E-state index contributed by atoms with van der Waals surface area (Å²) in [6.07, 6.45) is 4.25. The van der Waals surface area contributed by atoms with Gasteiger partial charge < -0.3 is 24.5 Å². The standard InChI is InChI=1S/C22H26N4O4/c1-13-17(18-19(26-22(2)8-9-22)24-12-25-21(18)30-13)20(27)23-10-7-14-5-6-15(28-3)16(11-14)29-4/h5-6,11-12H,7-10H2,1-4H3,(H,23,27)(H,24,25,26). The van der Waals surface area contributed by atoms with Gasteiger partial charge >= 0.3 is 0 Å². The van der Waals surface area contributed by atoms with Gasteiger partial charge in [0, 0.05) is 12.1 Å². The Kier molecular flexibility index (Phi) is 5.24. The molecule has 0 unspecified atom stereocenters. The maximum absolute atomic E-state index is 13.0. The van der Waals surface area contributed by atoms with Gasteiger partial charge in [0.1, 0.15) is 17.9 Å². The first kappa shape index (κ1) is 20.0. The van der Waals surface area contributed by atoms with Crippen LogP contribution >= 0.6 is 0 Å². The van der Waals surface area contributed by atoms with Crippen LogP contribution in [-0.2, 0) is 6.42 Å². The molecule has 30 heavy (non-hydrogen) atoms. The van der Waals surface area contributed by atoms with Gasteiger partial charge in [-0.25, -0.2) is 9.97 Å². The number of benzene rings is 1. The van der Waals surface area contributed by atoms with Crippen molar-refractivity contribution in [1.29, 1.82) is 0 Å². The summed E-state index contributed by atoms with van der Waals surface area (Å²) in [5.74, 6) is 2.31. The fraction of sp³-hybridized carbons (Fsp3) is 0.409. The SMILES string of the molecule is COc1ccc(CCNC(=O)c2c(C)oc3ncnc(NC4(C)CC4)c23)cc1OC. The fourth-order valence-electron chi connectivity index (χ4n) is 3.46. The van der Waals surface area contributed by atoms with Crippen molar-refractivity contribution >= 4 is 22.8 Å². The Morgan fingerprint density at radius 1 is 1.20 bits per heavy atom. The molecule has 8 heteroatoms. The number of nitrogens with one attached hydrogen (secondary N) is 2. The molecule has 0 aliphatic heterocycles. The van der Waals surface area contributed by atoms with E-state index in [-0.39, 0.29) is 11.4 Å². The van der Waals surface area contributed by atoms with Gasteiger partial charge in [0.05, 0.1) is 25.2 Å². The molecule has 1 fully saturated rings. The number of carbonyl (C=O) groups is 1. The van der Waals surface area contributed by atoms with Gasteiger partial charge in [-0.1, -0.05) is 6.07 Å². The van der Waals surface area contributed by atoms with Crippen molar-refractivity contribution in [3.8, 4) is 11.5 Å². The molecule has 0 atom stereocenters. The molecule has 2 aromatic heterocycles. The Hall–Kier alpha value is -3.29. The molecule has 1 aromatic carbocycles. The molecular formula is C22H26N4O4. The summed E-state index contributed by atoms with van der Waals surface area (Å²) in [4.78, 5) is 21.5. The first-order valence-electron chi connectivity index (χ1n) is 9.95. The first-order chi connectivity index (χ1) is 14.4. The van der Waals surface area contributed by atoms with E-state index in [1.54, 1.807) is 21.1 Å². The van der Waals surface area contributed by atoms with E-state index in [2.05, 4.69) is 27.5 Å². The van der Waals surface area contributed by atoms with Crippen molar-refractivity contribution in [3.05, 3.63) is 41.4 Å². The second kappa shape index (κ2) is 7.85. The number of furan rings is 1. The molecule has 1 saturated carbocycles. The number of anilines is 1. The van der Waals surface area contributed by atoms with Crippen LogP contribution in [0, 0.1) is 6.92 Å². The minimum absolute atomic E-state index is 0.0215. The van der Waals surface area contributed by atoms with E-state index in [9.17, 15) is 4.79 Å². The summed E-state index contributed by atoms with van der Waals surface area (Å²) in [7, 11) is 3.21. The van der Waals surface area contributed by atoms with E-state index in [1.165, 1.54) is 6.33 Å². The van der Waals surface area contributed by atoms with Crippen LogP contribution in [0.4, 0.5) is 5.82 Å². The lowest BCUT2D eigenvalue weighted by Gasteiger charge is -2.13. The van der Waals surface area contributed by atoms with Crippen LogP contribution in [0.15, 0.2) is 28.9 Å². The van der Waals surface area contributed by atoms with Crippen molar-refractivity contribution in [2.24, 2.45) is 0 Å². The minimum atomic E-state index is -0.203. The predicted octanol–water partition coefficient (Wildman–Crippen LogP) is 3.49. The highest BCUT2D eigenvalue weighted by Gasteiger charge is 2.38. The number of amides is 1. The molecule has 0 spiro atoms. The van der Waals surface area contributed by atoms with Gasteiger partial charge in [0.15, 0.2) is 11.5 Å². The Morgan fingerprint density at radius 2 is 1.97 bits per heavy atom. The maximum atomic E-state index is 13.0. The smallest absolute Gasteiger partial charge is 0.255 e. The minimum Gasteiger partial charge on any atom is -0.493 e. The molecule has 4 rings (SSSR count). The number of aryl methyl sites for hydroxylation is 1. The van der Waals surface area contributed by atoms with Crippen LogP contribution in [0.3, 0.4) is 0 Å². The number of aromatic nitrogens is 2. The van der Waals surface area contributed by atoms with Gasteiger partial charge in [-0.2, -0.15) is 0 Å². The van der Waals surface area contributed by atoms with E-state index in [0.717, 1.165) is 18.4 Å². The van der Waals surface area contributed by atoms with Crippen LogP contribution in [0.1, 0.15) is 41.4 Å². The fourth-order valence-corrected chi connectivity index (χ4v) is 3.46. The number of hydrogen-bond donors (Lipinski definition) is 2. The van der Waals surface area contributed by atoms with Crippen molar-refractivity contribution in [2.75, 3.05) is 26.1 Å². The monoisotopic (exact) mass is 410 g/mol. The van der Waals surface area contributed by atoms with Gasteiger partial charge in [0.25, 0.3) is 5.91 Å². The van der Waals surface area contributed by atoms with Gasteiger partial charge in [0.2, 0.25) is 5.71 Å². The molecule has 158 valence electrons. The van der Waals surface area contributed by atoms with Crippen LogP contribution in [0.2, 0.25) is 0 Å². The van der Waals surface area contributed by atoms with Crippen molar-refractivity contribution in [2.45, 2.75) is 38.6 Å².